The predicted octanol–water partition coefficient (Wildman–Crippen LogP) is 0.844. The lowest BCUT2D eigenvalue weighted by molar-refractivity contribution is -0.159. The number of aliphatic carboxylic acids is 1. The lowest BCUT2D eigenvalue weighted by Crippen LogP contribution is -2.49. The van der Waals surface area contributed by atoms with Gasteiger partial charge in [0.15, 0.2) is 6.10 Å². The van der Waals surface area contributed by atoms with E-state index in [-0.39, 0.29) is 19.7 Å². The largest absolute Gasteiger partial charge is 0.479 e. The minimum Gasteiger partial charge on any atom is -0.479 e. The summed E-state index contributed by atoms with van der Waals surface area (Å²) < 4.78 is 33.0. The highest BCUT2D eigenvalue weighted by molar-refractivity contribution is 5.80. The fourth-order valence-corrected chi connectivity index (χ4v) is 2.64. The Hall–Kier alpha value is -2.55. The molecule has 1 aliphatic rings. The number of carbonyl (C=O) groups is 3. The monoisotopic (exact) mass is 356 g/mol. The number of benzene rings is 1. The van der Waals surface area contributed by atoms with Crippen molar-refractivity contribution in [2.75, 3.05) is 19.7 Å². The fourth-order valence-electron chi connectivity index (χ4n) is 2.64. The number of morpholine rings is 1. The molecule has 1 aromatic rings. The molecule has 1 aliphatic heterocycles. The molecular weight excluding hydrogens is 338 g/mol. The third-order valence-corrected chi connectivity index (χ3v) is 3.80. The van der Waals surface area contributed by atoms with Gasteiger partial charge in [-0.15, -0.1) is 0 Å². The van der Waals surface area contributed by atoms with Crippen molar-refractivity contribution in [2.45, 2.75) is 25.5 Å². The zero-order valence-electron chi connectivity index (χ0n) is 13.5. The van der Waals surface area contributed by atoms with Crippen LogP contribution in [0.1, 0.15) is 24.9 Å². The molecule has 2 atom stereocenters. The molecule has 0 saturated carbocycles. The van der Waals surface area contributed by atoms with Crippen LogP contribution in [-0.4, -0.2) is 53.6 Å². The highest BCUT2D eigenvalue weighted by Gasteiger charge is 2.31. The van der Waals surface area contributed by atoms with Crippen LogP contribution in [0.2, 0.25) is 0 Å². The summed E-state index contributed by atoms with van der Waals surface area (Å²) in [5.41, 5.74) is -0.408. The van der Waals surface area contributed by atoms with Gasteiger partial charge < -0.3 is 20.1 Å². The van der Waals surface area contributed by atoms with Crippen molar-refractivity contribution < 1.29 is 33.0 Å². The van der Waals surface area contributed by atoms with Gasteiger partial charge in [-0.25, -0.2) is 13.6 Å². The van der Waals surface area contributed by atoms with Gasteiger partial charge in [0.05, 0.1) is 25.6 Å². The van der Waals surface area contributed by atoms with E-state index in [9.17, 15) is 23.2 Å². The summed E-state index contributed by atoms with van der Waals surface area (Å²) in [6, 6.07) is 2.05. The Balaban J connectivity index is 2.18. The number of ether oxygens (including phenoxy) is 1. The smallest absolute Gasteiger partial charge is 0.334 e. The van der Waals surface area contributed by atoms with E-state index in [0.29, 0.717) is 0 Å². The molecule has 2 N–H and O–H groups in total. The van der Waals surface area contributed by atoms with Gasteiger partial charge in [-0.05, 0) is 12.1 Å². The molecule has 7 nitrogen and oxygen atoms in total. The number of nitrogens with zero attached hydrogens (tertiary/aromatic N) is 1. The molecule has 1 aromatic carbocycles. The van der Waals surface area contributed by atoms with E-state index in [1.54, 1.807) is 0 Å². The standard InChI is InChI=1S/C16H18F2N2O5/c1-9(21)19-12(15-10(17)3-2-4-11(15)18)7-14(22)20-5-6-25-13(8-20)16(23)24/h2-4,12-13H,5-8H2,1H3,(H,19,21)(H,23,24)/t12-,13+/m1/s1. The average Bonchev–Trinajstić information content (AvgIpc) is 2.54. The van der Waals surface area contributed by atoms with Gasteiger partial charge >= 0.3 is 5.97 Å². The second-order valence-electron chi connectivity index (χ2n) is 5.63. The van der Waals surface area contributed by atoms with Crippen molar-refractivity contribution in [2.24, 2.45) is 0 Å². The van der Waals surface area contributed by atoms with Crippen LogP contribution in [0.4, 0.5) is 8.78 Å². The van der Waals surface area contributed by atoms with Gasteiger partial charge in [0.2, 0.25) is 11.8 Å². The molecule has 0 aromatic heterocycles. The Morgan fingerprint density at radius 2 is 2.00 bits per heavy atom. The van der Waals surface area contributed by atoms with E-state index in [0.717, 1.165) is 12.1 Å². The van der Waals surface area contributed by atoms with Crippen LogP contribution in [0.5, 0.6) is 0 Å². The molecule has 9 heteroatoms. The van der Waals surface area contributed by atoms with Crippen LogP contribution in [0.25, 0.3) is 0 Å². The lowest BCUT2D eigenvalue weighted by atomic mass is 10.0. The second-order valence-corrected chi connectivity index (χ2v) is 5.63. The Kier molecular flexibility index (Phi) is 6.02. The number of nitrogens with one attached hydrogen (secondary N) is 1. The van der Waals surface area contributed by atoms with Crippen molar-refractivity contribution in [3.63, 3.8) is 0 Å². The maximum absolute atomic E-state index is 14.0. The Morgan fingerprint density at radius 1 is 1.36 bits per heavy atom. The summed E-state index contributed by atoms with van der Waals surface area (Å²) in [5.74, 6) is -4.04. The number of hydrogen-bond donors (Lipinski definition) is 2. The maximum Gasteiger partial charge on any atom is 0.334 e. The summed E-state index contributed by atoms with van der Waals surface area (Å²) in [4.78, 5) is 36.0. The third-order valence-electron chi connectivity index (χ3n) is 3.80. The van der Waals surface area contributed by atoms with Gasteiger partial charge in [0.25, 0.3) is 0 Å². The van der Waals surface area contributed by atoms with Gasteiger partial charge in [0.1, 0.15) is 11.6 Å². The molecule has 0 bridgehead atoms. The highest BCUT2D eigenvalue weighted by atomic mass is 19.1. The van der Waals surface area contributed by atoms with Gasteiger partial charge in [-0.1, -0.05) is 6.07 Å². The summed E-state index contributed by atoms with van der Waals surface area (Å²) in [6.07, 6.45) is -1.55. The van der Waals surface area contributed by atoms with Crippen LogP contribution in [0, 0.1) is 11.6 Å². The number of hydrogen-bond acceptors (Lipinski definition) is 4. The molecule has 1 heterocycles. The zero-order chi connectivity index (χ0) is 18.6. The van der Waals surface area contributed by atoms with E-state index in [1.807, 2.05) is 0 Å². The van der Waals surface area contributed by atoms with Crippen molar-refractivity contribution >= 4 is 17.8 Å². The fraction of sp³-hybridized carbons (Fsp3) is 0.438. The molecule has 0 spiro atoms. The summed E-state index contributed by atoms with van der Waals surface area (Å²) in [6.45, 7) is 1.21. The normalized spacial score (nSPS) is 18.5. The summed E-state index contributed by atoms with van der Waals surface area (Å²) >= 11 is 0. The first-order valence-electron chi connectivity index (χ1n) is 7.62. The Labute approximate surface area is 142 Å². The molecule has 1 fully saturated rings. The molecule has 1 saturated heterocycles. The van der Waals surface area contributed by atoms with E-state index in [1.165, 1.54) is 17.9 Å². The number of carbonyl (C=O) groups excluding carboxylic acids is 2. The summed E-state index contributed by atoms with van der Waals surface area (Å²) in [5, 5.41) is 11.3. The Bertz CT molecular complexity index is 662. The van der Waals surface area contributed by atoms with Crippen molar-refractivity contribution in [3.05, 3.63) is 35.4 Å². The quantitative estimate of drug-likeness (QED) is 0.815. The number of carboxylic acid groups (broad SMARTS) is 1. The van der Waals surface area contributed by atoms with Crippen LogP contribution >= 0.6 is 0 Å². The molecule has 2 amide bonds. The van der Waals surface area contributed by atoms with Crippen molar-refractivity contribution in [1.29, 1.82) is 0 Å². The lowest BCUT2D eigenvalue weighted by Gasteiger charge is -2.32. The number of halogens is 2. The topological polar surface area (TPSA) is 95.9 Å². The SMILES string of the molecule is CC(=O)N[C@H](CC(=O)N1CCO[C@H](C(=O)O)C1)c1c(F)cccc1F. The minimum atomic E-state index is -1.20. The first kappa shape index (κ1) is 18.8. The zero-order valence-corrected chi connectivity index (χ0v) is 13.5. The molecule has 2 rings (SSSR count). The molecular formula is C16H18F2N2O5. The van der Waals surface area contributed by atoms with Crippen LogP contribution in [0.15, 0.2) is 18.2 Å². The van der Waals surface area contributed by atoms with Gasteiger partial charge in [0, 0.05) is 19.0 Å². The minimum absolute atomic E-state index is 0.0432. The molecule has 0 aliphatic carbocycles. The molecule has 0 radical (unpaired) electrons. The maximum atomic E-state index is 14.0. The molecule has 25 heavy (non-hydrogen) atoms. The highest BCUT2D eigenvalue weighted by Crippen LogP contribution is 2.24. The number of carboxylic acids is 1. The van der Waals surface area contributed by atoms with E-state index >= 15 is 0 Å². The first-order valence-corrected chi connectivity index (χ1v) is 7.62. The van der Waals surface area contributed by atoms with Crippen LogP contribution < -0.4 is 5.32 Å². The van der Waals surface area contributed by atoms with E-state index < -0.39 is 53.5 Å². The van der Waals surface area contributed by atoms with Crippen molar-refractivity contribution in [1.82, 2.24) is 10.2 Å². The van der Waals surface area contributed by atoms with Gasteiger partial charge in [-0.2, -0.15) is 0 Å². The first-order chi connectivity index (χ1) is 11.8. The van der Waals surface area contributed by atoms with Crippen LogP contribution in [0.3, 0.4) is 0 Å². The number of rotatable bonds is 5. The van der Waals surface area contributed by atoms with Crippen molar-refractivity contribution in [3.8, 4) is 0 Å². The average molecular weight is 356 g/mol. The second kappa shape index (κ2) is 8.02. The van der Waals surface area contributed by atoms with E-state index in [2.05, 4.69) is 5.32 Å². The van der Waals surface area contributed by atoms with E-state index in [4.69, 9.17) is 9.84 Å². The van der Waals surface area contributed by atoms with Crippen LogP contribution in [-0.2, 0) is 19.1 Å². The molecule has 0 unspecified atom stereocenters. The van der Waals surface area contributed by atoms with Gasteiger partial charge in [-0.3, -0.25) is 9.59 Å². The Morgan fingerprint density at radius 3 is 2.56 bits per heavy atom. The third kappa shape index (κ3) is 4.72. The summed E-state index contributed by atoms with van der Waals surface area (Å²) in [7, 11) is 0. The predicted molar refractivity (Wildman–Crippen MR) is 81.5 cm³/mol. The number of amides is 2. The molecule has 136 valence electrons.